The second-order valence-electron chi connectivity index (χ2n) is 5.83. The van der Waals surface area contributed by atoms with Crippen molar-refractivity contribution in [2.75, 3.05) is 20.6 Å². The van der Waals surface area contributed by atoms with Gasteiger partial charge in [0.1, 0.15) is 0 Å². The molecule has 1 aromatic carbocycles. The fraction of sp³-hybridized carbons (Fsp3) is 0.562. The van der Waals surface area contributed by atoms with Crippen LogP contribution in [-0.2, 0) is 11.2 Å². The lowest BCUT2D eigenvalue weighted by Crippen LogP contribution is -2.47. The number of hydrogen-bond donors (Lipinski definition) is 2. The molecule has 0 aliphatic rings. The highest BCUT2D eigenvalue weighted by molar-refractivity contribution is 7.81. The molecule has 0 aromatic heterocycles. The summed E-state index contributed by atoms with van der Waals surface area (Å²) in [4.78, 5) is 14.3. The smallest absolute Gasteiger partial charge is 0.233 e. The average Bonchev–Trinajstić information content (AvgIpc) is 2.38. The Morgan fingerprint density at radius 1 is 1.25 bits per heavy atom. The van der Waals surface area contributed by atoms with Gasteiger partial charge in [-0.15, -0.1) is 0 Å². The van der Waals surface area contributed by atoms with Crippen LogP contribution in [0.15, 0.2) is 30.3 Å². The standard InChI is InChI=1S/C16H26N2OS/c1-12(2)14(11-18(3)4)17-16(19)15(20)10-13-8-6-5-7-9-13/h5-9,12,14-15,20H,10-11H2,1-4H3,(H,17,19). The highest BCUT2D eigenvalue weighted by Crippen LogP contribution is 2.10. The quantitative estimate of drug-likeness (QED) is 0.756. The number of nitrogens with zero attached hydrogens (tertiary/aromatic N) is 1. The highest BCUT2D eigenvalue weighted by atomic mass is 32.1. The largest absolute Gasteiger partial charge is 0.351 e. The lowest BCUT2D eigenvalue weighted by atomic mass is 10.0. The van der Waals surface area contributed by atoms with Gasteiger partial charge in [0.05, 0.1) is 5.25 Å². The summed E-state index contributed by atoms with van der Waals surface area (Å²) in [6.07, 6.45) is 0.655. The van der Waals surface area contributed by atoms with Gasteiger partial charge in [0.15, 0.2) is 0 Å². The average molecular weight is 294 g/mol. The number of benzene rings is 1. The molecule has 4 heteroatoms. The summed E-state index contributed by atoms with van der Waals surface area (Å²) in [5.74, 6) is 0.413. The number of carbonyl (C=O) groups excluding carboxylic acids is 1. The number of hydrogen-bond acceptors (Lipinski definition) is 3. The van der Waals surface area contributed by atoms with Crippen LogP contribution in [0.5, 0.6) is 0 Å². The van der Waals surface area contributed by atoms with Crippen LogP contribution >= 0.6 is 12.6 Å². The van der Waals surface area contributed by atoms with Crippen LogP contribution in [-0.4, -0.2) is 42.7 Å². The van der Waals surface area contributed by atoms with Gasteiger partial charge in [-0.05, 0) is 32.0 Å². The minimum atomic E-state index is -0.305. The maximum absolute atomic E-state index is 12.2. The molecule has 0 fully saturated rings. The molecule has 0 aliphatic carbocycles. The topological polar surface area (TPSA) is 32.3 Å². The van der Waals surface area contributed by atoms with Gasteiger partial charge in [0, 0.05) is 12.6 Å². The van der Waals surface area contributed by atoms with Crippen LogP contribution in [0.3, 0.4) is 0 Å². The number of likely N-dealkylation sites (N-methyl/N-ethyl adjacent to an activating group) is 1. The molecule has 0 saturated heterocycles. The number of carbonyl (C=O) groups is 1. The molecule has 1 amide bonds. The Morgan fingerprint density at radius 2 is 1.85 bits per heavy atom. The number of rotatable bonds is 7. The minimum Gasteiger partial charge on any atom is -0.351 e. The molecule has 0 bridgehead atoms. The van der Waals surface area contributed by atoms with Crippen molar-refractivity contribution in [1.29, 1.82) is 0 Å². The molecular formula is C16H26N2OS. The van der Waals surface area contributed by atoms with E-state index < -0.39 is 0 Å². The van der Waals surface area contributed by atoms with Gasteiger partial charge < -0.3 is 10.2 Å². The van der Waals surface area contributed by atoms with Gasteiger partial charge in [-0.3, -0.25) is 4.79 Å². The number of thiol groups is 1. The summed E-state index contributed by atoms with van der Waals surface area (Å²) >= 11 is 4.44. The Morgan fingerprint density at radius 3 is 2.35 bits per heavy atom. The molecule has 0 saturated carbocycles. The van der Waals surface area contributed by atoms with E-state index in [0.29, 0.717) is 12.3 Å². The van der Waals surface area contributed by atoms with Crippen molar-refractivity contribution >= 4 is 18.5 Å². The SMILES string of the molecule is CC(C)C(CN(C)C)NC(=O)C(S)Cc1ccccc1. The molecule has 0 radical (unpaired) electrons. The maximum Gasteiger partial charge on any atom is 0.233 e. The van der Waals surface area contributed by atoms with Gasteiger partial charge in [0.25, 0.3) is 0 Å². The van der Waals surface area contributed by atoms with E-state index >= 15 is 0 Å². The lowest BCUT2D eigenvalue weighted by molar-refractivity contribution is -0.121. The van der Waals surface area contributed by atoms with Crippen molar-refractivity contribution in [2.45, 2.75) is 31.6 Å². The van der Waals surface area contributed by atoms with E-state index in [1.165, 1.54) is 0 Å². The monoisotopic (exact) mass is 294 g/mol. The number of nitrogens with one attached hydrogen (secondary N) is 1. The number of amides is 1. The third-order valence-electron chi connectivity index (χ3n) is 3.27. The van der Waals surface area contributed by atoms with Crippen molar-refractivity contribution < 1.29 is 4.79 Å². The second-order valence-corrected chi connectivity index (χ2v) is 6.45. The summed E-state index contributed by atoms with van der Waals surface area (Å²) < 4.78 is 0. The molecule has 1 N–H and O–H groups in total. The zero-order valence-electron chi connectivity index (χ0n) is 12.8. The van der Waals surface area contributed by atoms with Crippen LogP contribution in [0.2, 0.25) is 0 Å². The zero-order chi connectivity index (χ0) is 15.1. The molecule has 0 spiro atoms. The molecule has 0 heterocycles. The van der Waals surface area contributed by atoms with Gasteiger partial charge in [-0.1, -0.05) is 44.2 Å². The van der Waals surface area contributed by atoms with Gasteiger partial charge in [-0.2, -0.15) is 12.6 Å². The van der Waals surface area contributed by atoms with Crippen molar-refractivity contribution in [2.24, 2.45) is 5.92 Å². The van der Waals surface area contributed by atoms with E-state index in [9.17, 15) is 4.79 Å². The van der Waals surface area contributed by atoms with Crippen LogP contribution in [0.25, 0.3) is 0 Å². The van der Waals surface area contributed by atoms with Crippen LogP contribution < -0.4 is 5.32 Å². The first-order valence-corrected chi connectivity index (χ1v) is 7.59. The van der Waals surface area contributed by atoms with E-state index in [-0.39, 0.29) is 17.2 Å². The van der Waals surface area contributed by atoms with Gasteiger partial charge in [0.2, 0.25) is 5.91 Å². The summed E-state index contributed by atoms with van der Waals surface area (Å²) in [6, 6.07) is 10.1. The van der Waals surface area contributed by atoms with Gasteiger partial charge in [-0.25, -0.2) is 0 Å². The zero-order valence-corrected chi connectivity index (χ0v) is 13.7. The minimum absolute atomic E-state index is 0.0118. The Kier molecular flexibility index (Phi) is 7.10. The van der Waals surface area contributed by atoms with E-state index in [1.807, 2.05) is 44.4 Å². The molecule has 112 valence electrons. The molecule has 1 aromatic rings. The Bertz CT molecular complexity index is 406. The fourth-order valence-electron chi connectivity index (χ4n) is 2.03. The predicted molar refractivity (Wildman–Crippen MR) is 88.2 cm³/mol. The van der Waals surface area contributed by atoms with Crippen molar-refractivity contribution in [1.82, 2.24) is 10.2 Å². The van der Waals surface area contributed by atoms with Crippen LogP contribution in [0.4, 0.5) is 0 Å². The normalized spacial score (nSPS) is 14.3. The fourth-order valence-corrected chi connectivity index (χ4v) is 2.31. The molecule has 0 aliphatic heterocycles. The molecule has 2 unspecified atom stereocenters. The third kappa shape index (κ3) is 5.97. The molecule has 3 nitrogen and oxygen atoms in total. The Hall–Kier alpha value is -1.00. The van der Waals surface area contributed by atoms with Crippen molar-refractivity contribution in [3.8, 4) is 0 Å². The molecular weight excluding hydrogens is 268 g/mol. The Balaban J connectivity index is 2.55. The van der Waals surface area contributed by atoms with Crippen LogP contribution in [0, 0.1) is 5.92 Å². The molecule has 2 atom stereocenters. The van der Waals surface area contributed by atoms with Crippen molar-refractivity contribution in [3.05, 3.63) is 35.9 Å². The predicted octanol–water partition coefficient (Wildman–Crippen LogP) is 2.23. The Labute approximate surface area is 128 Å². The van der Waals surface area contributed by atoms with E-state index in [2.05, 4.69) is 36.7 Å². The summed E-state index contributed by atoms with van der Waals surface area (Å²) in [5, 5.41) is 2.81. The van der Waals surface area contributed by atoms with E-state index in [0.717, 1.165) is 12.1 Å². The summed E-state index contributed by atoms with van der Waals surface area (Å²) in [5.41, 5.74) is 1.14. The first-order chi connectivity index (χ1) is 9.40. The summed E-state index contributed by atoms with van der Waals surface area (Å²) in [7, 11) is 4.04. The maximum atomic E-state index is 12.2. The lowest BCUT2D eigenvalue weighted by Gasteiger charge is -2.26. The first kappa shape index (κ1) is 17.1. The van der Waals surface area contributed by atoms with Gasteiger partial charge >= 0.3 is 0 Å². The summed E-state index contributed by atoms with van der Waals surface area (Å²) in [6.45, 7) is 5.09. The molecule has 20 heavy (non-hydrogen) atoms. The second kappa shape index (κ2) is 8.32. The third-order valence-corrected chi connectivity index (χ3v) is 3.69. The highest BCUT2D eigenvalue weighted by Gasteiger charge is 2.21. The molecule has 1 rings (SSSR count). The first-order valence-electron chi connectivity index (χ1n) is 7.07. The van der Waals surface area contributed by atoms with Crippen molar-refractivity contribution in [3.63, 3.8) is 0 Å². The van der Waals surface area contributed by atoms with Crippen LogP contribution in [0.1, 0.15) is 19.4 Å². The van der Waals surface area contributed by atoms with E-state index in [1.54, 1.807) is 0 Å². The van der Waals surface area contributed by atoms with E-state index in [4.69, 9.17) is 0 Å².